The second-order valence-electron chi connectivity index (χ2n) is 5.88. The number of H-pyrrole nitrogens is 1. The summed E-state index contributed by atoms with van der Waals surface area (Å²) >= 11 is 0. The molecule has 1 amide bonds. The van der Waals surface area contributed by atoms with Crippen molar-refractivity contribution >= 4 is 11.6 Å². The van der Waals surface area contributed by atoms with Gasteiger partial charge in [-0.1, -0.05) is 18.2 Å². The monoisotopic (exact) mass is 298 g/mol. The topological polar surface area (TPSA) is 52.2 Å². The van der Waals surface area contributed by atoms with Crippen LogP contribution in [0.4, 0.5) is 5.69 Å². The average molecular weight is 298 g/mol. The summed E-state index contributed by atoms with van der Waals surface area (Å²) in [5, 5.41) is 7.29. The zero-order valence-corrected chi connectivity index (χ0v) is 13.4. The molecule has 1 saturated heterocycles. The molecule has 1 aliphatic rings. The second kappa shape index (κ2) is 5.83. The Labute approximate surface area is 130 Å². The molecule has 0 unspecified atom stereocenters. The molecule has 0 saturated carbocycles. The lowest BCUT2D eigenvalue weighted by Crippen LogP contribution is -2.49. The minimum absolute atomic E-state index is 0.137. The Bertz CT molecular complexity index is 664. The molecule has 1 fully saturated rings. The highest BCUT2D eigenvalue weighted by Gasteiger charge is 2.25. The van der Waals surface area contributed by atoms with Crippen LogP contribution >= 0.6 is 0 Å². The molecule has 1 N–H and O–H groups in total. The van der Waals surface area contributed by atoms with E-state index in [4.69, 9.17) is 0 Å². The first kappa shape index (κ1) is 14.6. The van der Waals surface area contributed by atoms with Crippen molar-refractivity contribution in [1.29, 1.82) is 0 Å². The Morgan fingerprint density at radius 3 is 2.36 bits per heavy atom. The van der Waals surface area contributed by atoms with Gasteiger partial charge in [0.15, 0.2) is 0 Å². The lowest BCUT2D eigenvalue weighted by atomic mass is 10.1. The SMILES string of the molecule is Cc1ccccc1C(=O)N1CCN(c2c(C)n[nH]c2C)CC1. The van der Waals surface area contributed by atoms with Crippen LogP contribution in [0.1, 0.15) is 27.3 Å². The Morgan fingerprint density at radius 2 is 1.77 bits per heavy atom. The number of aromatic amines is 1. The molecular weight excluding hydrogens is 276 g/mol. The van der Waals surface area contributed by atoms with E-state index < -0.39 is 0 Å². The molecule has 1 aromatic carbocycles. The van der Waals surface area contributed by atoms with Gasteiger partial charge in [-0.05, 0) is 32.4 Å². The van der Waals surface area contributed by atoms with Crippen LogP contribution in [0.3, 0.4) is 0 Å². The van der Waals surface area contributed by atoms with Crippen LogP contribution in [0.2, 0.25) is 0 Å². The number of benzene rings is 1. The van der Waals surface area contributed by atoms with E-state index in [-0.39, 0.29) is 5.91 Å². The fourth-order valence-corrected chi connectivity index (χ4v) is 3.13. The van der Waals surface area contributed by atoms with Gasteiger partial charge in [0, 0.05) is 31.7 Å². The summed E-state index contributed by atoms with van der Waals surface area (Å²) < 4.78 is 0. The van der Waals surface area contributed by atoms with E-state index in [9.17, 15) is 4.79 Å². The number of amides is 1. The minimum Gasteiger partial charge on any atom is -0.365 e. The van der Waals surface area contributed by atoms with Crippen molar-refractivity contribution in [2.75, 3.05) is 31.1 Å². The molecule has 2 aromatic rings. The van der Waals surface area contributed by atoms with Gasteiger partial charge in [0.05, 0.1) is 17.1 Å². The van der Waals surface area contributed by atoms with Crippen LogP contribution in [0, 0.1) is 20.8 Å². The van der Waals surface area contributed by atoms with E-state index in [1.165, 1.54) is 5.69 Å². The van der Waals surface area contributed by atoms with Crippen LogP contribution in [-0.2, 0) is 0 Å². The predicted octanol–water partition coefficient (Wildman–Crippen LogP) is 2.30. The van der Waals surface area contributed by atoms with Crippen LogP contribution in [0.25, 0.3) is 0 Å². The van der Waals surface area contributed by atoms with Crippen molar-refractivity contribution in [3.05, 3.63) is 46.8 Å². The number of nitrogens with one attached hydrogen (secondary N) is 1. The molecule has 0 bridgehead atoms. The minimum atomic E-state index is 0.137. The van der Waals surface area contributed by atoms with Crippen molar-refractivity contribution < 1.29 is 4.79 Å². The first-order valence-electron chi connectivity index (χ1n) is 7.69. The summed E-state index contributed by atoms with van der Waals surface area (Å²) in [5.41, 5.74) is 5.15. The third kappa shape index (κ3) is 2.58. The summed E-state index contributed by atoms with van der Waals surface area (Å²) in [4.78, 5) is 16.9. The van der Waals surface area contributed by atoms with Crippen LogP contribution in [0.15, 0.2) is 24.3 Å². The number of carbonyl (C=O) groups excluding carboxylic acids is 1. The normalized spacial score (nSPS) is 15.2. The molecule has 116 valence electrons. The van der Waals surface area contributed by atoms with E-state index in [2.05, 4.69) is 15.1 Å². The summed E-state index contributed by atoms with van der Waals surface area (Å²) in [6.45, 7) is 9.23. The van der Waals surface area contributed by atoms with Crippen molar-refractivity contribution in [2.45, 2.75) is 20.8 Å². The Kier molecular flexibility index (Phi) is 3.88. The Balaban J connectivity index is 1.70. The lowest BCUT2D eigenvalue weighted by Gasteiger charge is -2.36. The molecule has 5 heteroatoms. The molecule has 5 nitrogen and oxygen atoms in total. The molecule has 2 heterocycles. The standard InChI is InChI=1S/C17H22N4O/c1-12-6-4-5-7-15(12)17(22)21-10-8-20(9-11-21)16-13(2)18-19-14(16)3/h4-7H,8-11H2,1-3H3,(H,18,19). The lowest BCUT2D eigenvalue weighted by molar-refractivity contribution is 0.0746. The summed E-state index contributed by atoms with van der Waals surface area (Å²) in [6, 6.07) is 7.79. The van der Waals surface area contributed by atoms with Gasteiger partial charge in [-0.25, -0.2) is 0 Å². The van der Waals surface area contributed by atoms with Gasteiger partial charge in [-0.15, -0.1) is 0 Å². The largest absolute Gasteiger partial charge is 0.365 e. The van der Waals surface area contributed by atoms with E-state index in [0.29, 0.717) is 0 Å². The predicted molar refractivity (Wildman–Crippen MR) is 87.4 cm³/mol. The smallest absolute Gasteiger partial charge is 0.254 e. The number of aryl methyl sites for hydroxylation is 3. The number of piperazine rings is 1. The van der Waals surface area contributed by atoms with Crippen LogP contribution < -0.4 is 4.90 Å². The van der Waals surface area contributed by atoms with Gasteiger partial charge in [0.2, 0.25) is 0 Å². The fraction of sp³-hybridized carbons (Fsp3) is 0.412. The maximum atomic E-state index is 12.6. The molecule has 1 aromatic heterocycles. The molecule has 1 aliphatic heterocycles. The molecule has 0 radical (unpaired) electrons. The number of nitrogens with zero attached hydrogens (tertiary/aromatic N) is 3. The Morgan fingerprint density at radius 1 is 1.09 bits per heavy atom. The van der Waals surface area contributed by atoms with E-state index in [1.807, 2.05) is 49.9 Å². The average Bonchev–Trinajstić information content (AvgIpc) is 2.86. The van der Waals surface area contributed by atoms with Gasteiger partial charge in [-0.2, -0.15) is 5.10 Å². The van der Waals surface area contributed by atoms with Crippen molar-refractivity contribution in [2.24, 2.45) is 0 Å². The van der Waals surface area contributed by atoms with E-state index in [1.54, 1.807) is 0 Å². The Hall–Kier alpha value is -2.30. The molecular formula is C17H22N4O. The highest BCUT2D eigenvalue weighted by Crippen LogP contribution is 2.23. The first-order valence-corrected chi connectivity index (χ1v) is 7.69. The van der Waals surface area contributed by atoms with Gasteiger partial charge in [0.25, 0.3) is 5.91 Å². The second-order valence-corrected chi connectivity index (χ2v) is 5.88. The number of rotatable bonds is 2. The van der Waals surface area contributed by atoms with Crippen molar-refractivity contribution in [3.63, 3.8) is 0 Å². The number of aromatic nitrogens is 2. The summed E-state index contributed by atoms with van der Waals surface area (Å²) in [7, 11) is 0. The number of carbonyl (C=O) groups is 1. The van der Waals surface area contributed by atoms with E-state index in [0.717, 1.165) is 48.7 Å². The molecule has 0 atom stereocenters. The summed E-state index contributed by atoms with van der Waals surface area (Å²) in [6.07, 6.45) is 0. The quantitative estimate of drug-likeness (QED) is 0.925. The van der Waals surface area contributed by atoms with Crippen LogP contribution in [-0.4, -0.2) is 47.2 Å². The zero-order chi connectivity index (χ0) is 15.7. The fourth-order valence-electron chi connectivity index (χ4n) is 3.13. The van der Waals surface area contributed by atoms with Crippen LogP contribution in [0.5, 0.6) is 0 Å². The number of hydrogen-bond acceptors (Lipinski definition) is 3. The molecule has 0 spiro atoms. The third-order valence-electron chi connectivity index (χ3n) is 4.35. The number of anilines is 1. The molecule has 3 rings (SSSR count). The third-order valence-corrected chi connectivity index (χ3v) is 4.35. The maximum Gasteiger partial charge on any atom is 0.254 e. The highest BCUT2D eigenvalue weighted by atomic mass is 16.2. The van der Waals surface area contributed by atoms with Crippen molar-refractivity contribution in [3.8, 4) is 0 Å². The van der Waals surface area contributed by atoms with Gasteiger partial charge in [-0.3, -0.25) is 9.89 Å². The highest BCUT2D eigenvalue weighted by molar-refractivity contribution is 5.95. The van der Waals surface area contributed by atoms with Crippen molar-refractivity contribution in [1.82, 2.24) is 15.1 Å². The molecule has 0 aliphatic carbocycles. The van der Waals surface area contributed by atoms with Gasteiger partial charge < -0.3 is 9.80 Å². The number of hydrogen-bond donors (Lipinski definition) is 1. The van der Waals surface area contributed by atoms with Gasteiger partial charge >= 0.3 is 0 Å². The van der Waals surface area contributed by atoms with Gasteiger partial charge in [0.1, 0.15) is 0 Å². The molecule has 22 heavy (non-hydrogen) atoms. The zero-order valence-electron chi connectivity index (χ0n) is 13.4. The maximum absolute atomic E-state index is 12.6. The summed E-state index contributed by atoms with van der Waals surface area (Å²) in [5.74, 6) is 0.137. The first-order chi connectivity index (χ1) is 10.6. The van der Waals surface area contributed by atoms with E-state index >= 15 is 0 Å².